The summed E-state index contributed by atoms with van der Waals surface area (Å²) in [5.74, 6) is -1.27. The van der Waals surface area contributed by atoms with Crippen molar-refractivity contribution in [3.63, 3.8) is 0 Å². The highest BCUT2D eigenvalue weighted by atomic mass is 32.2. The maximum Gasteiger partial charge on any atom is 0.336 e. The maximum absolute atomic E-state index is 11.1. The van der Waals surface area contributed by atoms with E-state index in [1.54, 1.807) is 13.8 Å². The van der Waals surface area contributed by atoms with E-state index >= 15 is 0 Å². The van der Waals surface area contributed by atoms with E-state index in [2.05, 4.69) is 4.99 Å². The molecule has 0 aliphatic carbocycles. The van der Waals surface area contributed by atoms with E-state index in [-0.39, 0.29) is 11.3 Å². The quantitative estimate of drug-likeness (QED) is 0.646. The van der Waals surface area contributed by atoms with Gasteiger partial charge < -0.3 is 5.11 Å². The van der Waals surface area contributed by atoms with Crippen LogP contribution >= 0.6 is 0 Å². The fraction of sp³-hybridized carbons (Fsp3) is 0.273. The number of benzene rings is 1. The molecule has 0 aliphatic rings. The van der Waals surface area contributed by atoms with Crippen LogP contribution in [0.25, 0.3) is 0 Å². The Bertz CT molecular complexity index is 627. The molecule has 1 rings (SSSR count). The predicted octanol–water partition coefficient (Wildman–Crippen LogP) is 2.05. The Hall–Kier alpha value is -1.73. The van der Waals surface area contributed by atoms with Crippen molar-refractivity contribution in [3.8, 4) is 0 Å². The molecule has 98 valence electrons. The van der Waals surface area contributed by atoms with Crippen molar-refractivity contribution in [1.82, 2.24) is 0 Å². The number of hydrogen-bond acceptors (Lipinski definition) is 4. The van der Waals surface area contributed by atoms with E-state index in [1.807, 2.05) is 0 Å². The first-order valence-electron chi connectivity index (χ1n) is 5.00. The van der Waals surface area contributed by atoms with Gasteiger partial charge in [-0.3, -0.25) is 9.55 Å². The Kier molecular flexibility index (Phi) is 3.88. The molecule has 0 saturated carbocycles. The smallest absolute Gasteiger partial charge is 0.336 e. The van der Waals surface area contributed by atoms with E-state index in [9.17, 15) is 13.2 Å². The standard InChI is InChI=1S/C11H13NO5S/c1-6(2)12-10-5-8(18(15,16)17)4-9(7(10)3)11(13)14/h4-5H,1-3H3,(H,13,14)(H,15,16,17). The molecule has 0 spiro atoms. The number of carboxylic acids is 1. The van der Waals surface area contributed by atoms with Gasteiger partial charge >= 0.3 is 5.97 Å². The molecule has 7 heteroatoms. The van der Waals surface area contributed by atoms with Crippen molar-refractivity contribution in [3.05, 3.63) is 23.3 Å². The average Bonchev–Trinajstić information content (AvgIpc) is 2.18. The zero-order chi connectivity index (χ0) is 14.1. The van der Waals surface area contributed by atoms with Crippen molar-refractivity contribution in [2.45, 2.75) is 25.7 Å². The van der Waals surface area contributed by atoms with Crippen LogP contribution in [0.4, 0.5) is 5.69 Å². The summed E-state index contributed by atoms with van der Waals surface area (Å²) in [7, 11) is -4.47. The van der Waals surface area contributed by atoms with Crippen LogP contribution in [0.2, 0.25) is 0 Å². The van der Waals surface area contributed by atoms with Crippen molar-refractivity contribution in [2.75, 3.05) is 0 Å². The molecule has 6 nitrogen and oxygen atoms in total. The van der Waals surface area contributed by atoms with Gasteiger partial charge in [-0.1, -0.05) is 0 Å². The minimum Gasteiger partial charge on any atom is -0.478 e. The maximum atomic E-state index is 11.1. The third-order valence-electron chi connectivity index (χ3n) is 2.23. The van der Waals surface area contributed by atoms with Gasteiger partial charge in [0.05, 0.1) is 16.1 Å². The van der Waals surface area contributed by atoms with E-state index < -0.39 is 21.0 Å². The Morgan fingerprint density at radius 3 is 2.22 bits per heavy atom. The lowest BCUT2D eigenvalue weighted by Gasteiger charge is -2.08. The van der Waals surface area contributed by atoms with E-state index in [0.29, 0.717) is 11.3 Å². The van der Waals surface area contributed by atoms with Crippen LogP contribution in [0, 0.1) is 6.92 Å². The van der Waals surface area contributed by atoms with E-state index in [1.165, 1.54) is 6.92 Å². The number of carbonyl (C=O) groups is 1. The minimum atomic E-state index is -4.47. The zero-order valence-electron chi connectivity index (χ0n) is 10.1. The first-order chi connectivity index (χ1) is 8.12. The van der Waals surface area contributed by atoms with E-state index in [4.69, 9.17) is 9.66 Å². The van der Waals surface area contributed by atoms with Gasteiger partial charge in [0.25, 0.3) is 10.1 Å². The fourth-order valence-electron chi connectivity index (χ4n) is 1.40. The predicted molar refractivity (Wildman–Crippen MR) is 66.4 cm³/mol. The van der Waals surface area contributed by atoms with Crippen LogP contribution < -0.4 is 0 Å². The topological polar surface area (TPSA) is 104 Å². The minimum absolute atomic E-state index is 0.204. The second-order valence-electron chi connectivity index (χ2n) is 3.95. The number of nitrogens with zero attached hydrogens (tertiary/aromatic N) is 1. The lowest BCUT2D eigenvalue weighted by atomic mass is 10.1. The Morgan fingerprint density at radius 2 is 1.83 bits per heavy atom. The number of hydrogen-bond donors (Lipinski definition) is 2. The van der Waals surface area contributed by atoms with Crippen LogP contribution in [0.5, 0.6) is 0 Å². The summed E-state index contributed by atoms with van der Waals surface area (Å²) in [5.41, 5.74) is 0.991. The van der Waals surface area contributed by atoms with Gasteiger partial charge in [-0.2, -0.15) is 8.42 Å². The third-order valence-corrected chi connectivity index (χ3v) is 3.06. The molecule has 0 aromatic heterocycles. The SMILES string of the molecule is CC(C)=Nc1cc(S(=O)(=O)O)cc(C(=O)O)c1C. The van der Waals surface area contributed by atoms with E-state index in [0.717, 1.165) is 12.1 Å². The molecular formula is C11H13NO5S. The normalized spacial score (nSPS) is 11.1. The van der Waals surface area contributed by atoms with Crippen LogP contribution in [-0.4, -0.2) is 29.8 Å². The Morgan fingerprint density at radius 1 is 1.28 bits per heavy atom. The monoisotopic (exact) mass is 271 g/mol. The van der Waals surface area contributed by atoms with Crippen LogP contribution in [-0.2, 0) is 10.1 Å². The summed E-state index contributed by atoms with van der Waals surface area (Å²) >= 11 is 0. The number of rotatable bonds is 3. The van der Waals surface area contributed by atoms with Crippen molar-refractivity contribution in [2.24, 2.45) is 4.99 Å². The molecule has 0 radical (unpaired) electrons. The Balaban J connectivity index is 3.68. The molecular weight excluding hydrogens is 258 g/mol. The summed E-state index contributed by atoms with van der Waals surface area (Å²) < 4.78 is 31.1. The summed E-state index contributed by atoms with van der Waals surface area (Å²) in [6, 6.07) is 2.06. The average molecular weight is 271 g/mol. The molecule has 0 aliphatic heterocycles. The highest BCUT2D eigenvalue weighted by molar-refractivity contribution is 7.85. The molecule has 0 heterocycles. The van der Waals surface area contributed by atoms with Gasteiger partial charge in [0.15, 0.2) is 0 Å². The van der Waals surface area contributed by atoms with Gasteiger partial charge in [0, 0.05) is 5.71 Å². The molecule has 0 saturated heterocycles. The molecule has 2 N–H and O–H groups in total. The molecule has 0 fully saturated rings. The zero-order valence-corrected chi connectivity index (χ0v) is 10.9. The van der Waals surface area contributed by atoms with Gasteiger partial charge in [-0.05, 0) is 38.5 Å². The first kappa shape index (κ1) is 14.3. The van der Waals surface area contributed by atoms with Crippen molar-refractivity contribution >= 4 is 27.5 Å². The summed E-state index contributed by atoms with van der Waals surface area (Å²) in [5, 5.41) is 8.99. The van der Waals surface area contributed by atoms with Gasteiger partial charge in [-0.15, -0.1) is 0 Å². The summed E-state index contributed by atoms with van der Waals surface area (Å²) in [4.78, 5) is 14.6. The Labute approximate surface area is 105 Å². The van der Waals surface area contributed by atoms with Crippen molar-refractivity contribution in [1.29, 1.82) is 0 Å². The number of carboxylic acid groups (broad SMARTS) is 1. The fourth-order valence-corrected chi connectivity index (χ4v) is 1.93. The van der Waals surface area contributed by atoms with Crippen LogP contribution in [0.3, 0.4) is 0 Å². The van der Waals surface area contributed by atoms with Gasteiger partial charge in [-0.25, -0.2) is 4.79 Å². The molecule has 0 unspecified atom stereocenters. The molecule has 18 heavy (non-hydrogen) atoms. The molecule has 0 amide bonds. The number of aliphatic imine (C=N–C) groups is 1. The lowest BCUT2D eigenvalue weighted by molar-refractivity contribution is 0.0696. The van der Waals surface area contributed by atoms with Gasteiger partial charge in [0.1, 0.15) is 0 Å². The summed E-state index contributed by atoms with van der Waals surface area (Å²) in [6.45, 7) is 4.92. The summed E-state index contributed by atoms with van der Waals surface area (Å²) in [6.07, 6.45) is 0. The molecule has 0 bridgehead atoms. The van der Waals surface area contributed by atoms with Crippen LogP contribution in [0.15, 0.2) is 22.0 Å². The molecule has 0 atom stereocenters. The molecule has 1 aromatic carbocycles. The van der Waals surface area contributed by atoms with Crippen LogP contribution in [0.1, 0.15) is 29.8 Å². The third kappa shape index (κ3) is 3.14. The van der Waals surface area contributed by atoms with Crippen molar-refractivity contribution < 1.29 is 22.9 Å². The first-order valence-corrected chi connectivity index (χ1v) is 6.44. The molecule has 1 aromatic rings. The number of aromatic carboxylic acids is 1. The second-order valence-corrected chi connectivity index (χ2v) is 5.38. The lowest BCUT2D eigenvalue weighted by Crippen LogP contribution is -2.05. The second kappa shape index (κ2) is 4.87. The highest BCUT2D eigenvalue weighted by Gasteiger charge is 2.18. The largest absolute Gasteiger partial charge is 0.478 e. The highest BCUT2D eigenvalue weighted by Crippen LogP contribution is 2.27. The van der Waals surface area contributed by atoms with Gasteiger partial charge in [0.2, 0.25) is 0 Å².